The molecule has 0 aliphatic carbocycles. The molecule has 0 aromatic carbocycles. The van der Waals surface area contributed by atoms with Gasteiger partial charge in [-0.15, -0.1) is 0 Å². The van der Waals surface area contributed by atoms with E-state index in [9.17, 15) is 0 Å². The van der Waals surface area contributed by atoms with Crippen LogP contribution in [0.5, 0.6) is 0 Å². The first-order chi connectivity index (χ1) is 7.16. The van der Waals surface area contributed by atoms with E-state index in [1.807, 2.05) is 6.92 Å². The van der Waals surface area contributed by atoms with E-state index in [4.69, 9.17) is 5.73 Å². The summed E-state index contributed by atoms with van der Waals surface area (Å²) in [5.41, 5.74) is 6.67. The summed E-state index contributed by atoms with van der Waals surface area (Å²) in [6.45, 7) is 1.92. The molecule has 0 fully saturated rings. The summed E-state index contributed by atoms with van der Waals surface area (Å²) >= 11 is 2.07. The van der Waals surface area contributed by atoms with Crippen LogP contribution in [0.1, 0.15) is 5.56 Å². The van der Waals surface area contributed by atoms with E-state index >= 15 is 0 Å². The number of nitrogens with zero attached hydrogens (tertiary/aromatic N) is 4. The van der Waals surface area contributed by atoms with Crippen molar-refractivity contribution in [2.24, 2.45) is 0 Å². The quantitative estimate of drug-likeness (QED) is 0.806. The topological polar surface area (TPSA) is 77.6 Å². The summed E-state index contributed by atoms with van der Waals surface area (Å²) in [5.74, 6) is 1.39. The van der Waals surface area contributed by atoms with Crippen LogP contribution in [-0.4, -0.2) is 19.9 Å². The Morgan fingerprint density at radius 3 is 2.27 bits per heavy atom. The van der Waals surface area contributed by atoms with Gasteiger partial charge in [-0.3, -0.25) is 0 Å². The average molecular weight is 313 g/mol. The second kappa shape index (κ2) is 4.05. The number of halogens is 1. The highest BCUT2D eigenvalue weighted by molar-refractivity contribution is 14.1. The maximum absolute atomic E-state index is 5.67. The number of aryl methyl sites for hydroxylation is 1. The fourth-order valence-electron chi connectivity index (χ4n) is 0.996. The van der Waals surface area contributed by atoms with Gasteiger partial charge in [0, 0.05) is 18.6 Å². The van der Waals surface area contributed by atoms with Crippen molar-refractivity contribution < 1.29 is 0 Å². The summed E-state index contributed by atoms with van der Waals surface area (Å²) < 4.78 is 0.823. The van der Waals surface area contributed by atoms with E-state index in [0.717, 1.165) is 9.13 Å². The Kier molecular flexibility index (Phi) is 2.76. The third-order valence-corrected chi connectivity index (χ3v) is 2.58. The zero-order chi connectivity index (χ0) is 10.8. The molecule has 0 bridgehead atoms. The molecule has 2 aromatic rings. The molecular weight excluding hydrogens is 305 g/mol. The van der Waals surface area contributed by atoms with Gasteiger partial charge in [0.1, 0.15) is 5.82 Å². The molecule has 0 saturated carbocycles. The number of nitrogens with two attached hydrogens (primary N) is 1. The van der Waals surface area contributed by atoms with E-state index in [2.05, 4.69) is 42.5 Å². The lowest BCUT2D eigenvalue weighted by molar-refractivity contribution is 1.06. The van der Waals surface area contributed by atoms with Gasteiger partial charge in [-0.1, -0.05) is 0 Å². The van der Waals surface area contributed by atoms with E-state index < -0.39 is 0 Å². The van der Waals surface area contributed by atoms with E-state index in [1.165, 1.54) is 0 Å². The molecule has 0 radical (unpaired) electrons. The van der Waals surface area contributed by atoms with Crippen LogP contribution >= 0.6 is 22.6 Å². The molecule has 0 spiro atoms. The van der Waals surface area contributed by atoms with Crippen LogP contribution in [0.3, 0.4) is 0 Å². The van der Waals surface area contributed by atoms with Gasteiger partial charge < -0.3 is 5.73 Å². The largest absolute Gasteiger partial charge is 0.383 e. The number of hydrogen-bond acceptors (Lipinski definition) is 5. The van der Waals surface area contributed by atoms with Crippen molar-refractivity contribution in [3.05, 3.63) is 27.7 Å². The number of rotatable bonds is 1. The minimum Gasteiger partial charge on any atom is -0.383 e. The fourth-order valence-corrected chi connectivity index (χ4v) is 1.26. The second-order valence-corrected chi connectivity index (χ2v) is 4.17. The van der Waals surface area contributed by atoms with E-state index in [-0.39, 0.29) is 0 Å². The van der Waals surface area contributed by atoms with Crippen LogP contribution in [0.25, 0.3) is 11.6 Å². The monoisotopic (exact) mass is 313 g/mol. The van der Waals surface area contributed by atoms with Crippen LogP contribution in [0, 0.1) is 10.5 Å². The Balaban J connectivity index is 2.45. The Hall–Kier alpha value is -1.31. The molecule has 6 heteroatoms. The summed E-state index contributed by atoms with van der Waals surface area (Å²) in [6, 6.07) is 0. The summed E-state index contributed by atoms with van der Waals surface area (Å²) in [7, 11) is 0. The lowest BCUT2D eigenvalue weighted by atomic mass is 10.4. The molecule has 15 heavy (non-hydrogen) atoms. The average Bonchev–Trinajstić information content (AvgIpc) is 2.23. The molecule has 76 valence electrons. The van der Waals surface area contributed by atoms with Crippen molar-refractivity contribution in [2.75, 3.05) is 5.73 Å². The minimum absolute atomic E-state index is 0.449. The lowest BCUT2D eigenvalue weighted by Gasteiger charge is -2.00. The van der Waals surface area contributed by atoms with Crippen LogP contribution in [0.2, 0.25) is 0 Å². The zero-order valence-corrected chi connectivity index (χ0v) is 10.1. The number of anilines is 1. The summed E-state index contributed by atoms with van der Waals surface area (Å²) in [6.07, 6.45) is 5.10. The summed E-state index contributed by atoms with van der Waals surface area (Å²) in [5, 5.41) is 0. The molecular formula is C9H8IN5. The molecule has 2 aromatic heterocycles. The fraction of sp³-hybridized carbons (Fsp3) is 0.111. The second-order valence-electron chi connectivity index (χ2n) is 3.01. The van der Waals surface area contributed by atoms with Crippen molar-refractivity contribution in [3.8, 4) is 11.6 Å². The molecule has 0 saturated heterocycles. The highest BCUT2D eigenvalue weighted by Gasteiger charge is 2.06. The molecule has 2 heterocycles. The predicted molar refractivity (Wildman–Crippen MR) is 64.9 cm³/mol. The Morgan fingerprint density at radius 2 is 1.67 bits per heavy atom. The van der Waals surface area contributed by atoms with Crippen LogP contribution in [0.4, 0.5) is 5.82 Å². The van der Waals surface area contributed by atoms with Crippen LogP contribution in [0.15, 0.2) is 18.6 Å². The van der Waals surface area contributed by atoms with Gasteiger partial charge in [-0.25, -0.2) is 19.9 Å². The van der Waals surface area contributed by atoms with E-state index in [0.29, 0.717) is 17.5 Å². The highest BCUT2D eigenvalue weighted by Crippen LogP contribution is 2.14. The third-order valence-electron chi connectivity index (χ3n) is 1.75. The SMILES string of the molecule is Cc1cnc(-c2ncc(I)c(N)n2)nc1. The molecule has 5 nitrogen and oxygen atoms in total. The molecule has 0 unspecified atom stereocenters. The van der Waals surface area contributed by atoms with Crippen LogP contribution < -0.4 is 5.73 Å². The Bertz CT molecular complexity index is 482. The normalized spacial score (nSPS) is 10.3. The number of hydrogen-bond donors (Lipinski definition) is 1. The molecule has 0 aliphatic heterocycles. The lowest BCUT2D eigenvalue weighted by Crippen LogP contribution is -2.00. The van der Waals surface area contributed by atoms with Gasteiger partial charge in [-0.05, 0) is 35.1 Å². The van der Waals surface area contributed by atoms with Crippen molar-refractivity contribution in [1.82, 2.24) is 19.9 Å². The van der Waals surface area contributed by atoms with E-state index in [1.54, 1.807) is 18.6 Å². The first kappa shape index (κ1) is 10.2. The standard InChI is InChI=1S/C9H8IN5/c1-5-2-12-8(13-3-5)9-14-4-6(10)7(11)15-9/h2-4H,1H3,(H2,11,14,15). The molecule has 2 rings (SSSR count). The van der Waals surface area contributed by atoms with Crippen molar-refractivity contribution >= 4 is 28.4 Å². The maximum Gasteiger partial charge on any atom is 0.199 e. The molecule has 0 atom stereocenters. The zero-order valence-electron chi connectivity index (χ0n) is 7.98. The van der Waals surface area contributed by atoms with Crippen molar-refractivity contribution in [1.29, 1.82) is 0 Å². The third kappa shape index (κ3) is 2.20. The van der Waals surface area contributed by atoms with Gasteiger partial charge in [0.15, 0.2) is 11.6 Å². The summed E-state index contributed by atoms with van der Waals surface area (Å²) in [4.78, 5) is 16.5. The van der Waals surface area contributed by atoms with Crippen LogP contribution in [-0.2, 0) is 0 Å². The maximum atomic E-state index is 5.67. The van der Waals surface area contributed by atoms with Crippen molar-refractivity contribution in [3.63, 3.8) is 0 Å². The van der Waals surface area contributed by atoms with Crippen molar-refractivity contribution in [2.45, 2.75) is 6.92 Å². The van der Waals surface area contributed by atoms with Gasteiger partial charge in [0.25, 0.3) is 0 Å². The van der Waals surface area contributed by atoms with Gasteiger partial charge in [-0.2, -0.15) is 0 Å². The van der Waals surface area contributed by atoms with Gasteiger partial charge in [0.2, 0.25) is 0 Å². The molecule has 2 N–H and O–H groups in total. The Labute approximate surface area is 100 Å². The van der Waals surface area contributed by atoms with Gasteiger partial charge in [0.05, 0.1) is 3.57 Å². The number of nitrogen functional groups attached to an aromatic ring is 1. The minimum atomic E-state index is 0.449. The first-order valence-electron chi connectivity index (χ1n) is 4.24. The highest BCUT2D eigenvalue weighted by atomic mass is 127. The molecule has 0 aliphatic rings. The Morgan fingerprint density at radius 1 is 1.07 bits per heavy atom. The first-order valence-corrected chi connectivity index (χ1v) is 5.32. The predicted octanol–water partition coefficient (Wildman–Crippen LogP) is 1.43. The van der Waals surface area contributed by atoms with Gasteiger partial charge >= 0.3 is 0 Å². The smallest absolute Gasteiger partial charge is 0.199 e. The molecule has 0 amide bonds. The number of aromatic nitrogens is 4.